The minimum Gasteiger partial charge on any atom is -0.387 e. The van der Waals surface area contributed by atoms with E-state index in [0.717, 1.165) is 6.33 Å². The number of aromatic nitrogens is 4. The molecule has 188 valence electrons. The summed E-state index contributed by atoms with van der Waals surface area (Å²) in [4.78, 5) is 40.4. The number of nitrogens with two attached hydrogens (primary N) is 1. The Labute approximate surface area is 191 Å². The van der Waals surface area contributed by atoms with Gasteiger partial charge >= 0.3 is 23.2 Å². The van der Waals surface area contributed by atoms with E-state index in [9.17, 15) is 38.6 Å². The van der Waals surface area contributed by atoms with Crippen LogP contribution in [0.2, 0.25) is 0 Å². The van der Waals surface area contributed by atoms with Crippen molar-refractivity contribution in [3.05, 3.63) is 12.7 Å². The standard InChI is InChI=1S/C14H20N5O12P3/c1-2-3-4-32(22,23)30-34(26,27)31-33(24,25)28-5-8-10(20)11(21)14(29-8)19-7-18-9-12(15)16-6-17-13(9)19/h1,6-8,10-11,14,20-21H,3-5H2,(H,22,23)(H,24,25)(H,26,27)(H2,15,16,17)/t8-,10?,11+,14-/m1/s1. The summed E-state index contributed by atoms with van der Waals surface area (Å²) in [6, 6.07) is 0. The highest BCUT2D eigenvalue weighted by Crippen LogP contribution is 2.67. The molecular weight excluding hydrogens is 523 g/mol. The number of anilines is 1. The Morgan fingerprint density at radius 2 is 1.82 bits per heavy atom. The minimum absolute atomic E-state index is 0.0532. The monoisotopic (exact) mass is 543 g/mol. The molecule has 3 heterocycles. The van der Waals surface area contributed by atoms with Crippen molar-refractivity contribution >= 4 is 40.2 Å². The molecule has 0 spiro atoms. The fourth-order valence-electron chi connectivity index (χ4n) is 2.90. The second kappa shape index (κ2) is 10.1. The molecule has 7 atom stereocenters. The van der Waals surface area contributed by atoms with Gasteiger partial charge in [-0.2, -0.15) is 4.31 Å². The van der Waals surface area contributed by atoms with Crippen molar-refractivity contribution in [1.29, 1.82) is 0 Å². The highest BCUT2D eigenvalue weighted by molar-refractivity contribution is 7.68. The van der Waals surface area contributed by atoms with Gasteiger partial charge in [-0.05, 0) is 0 Å². The maximum Gasteiger partial charge on any atom is 0.488 e. The first-order valence-electron chi connectivity index (χ1n) is 9.18. The zero-order chi connectivity index (χ0) is 25.3. The molecule has 34 heavy (non-hydrogen) atoms. The molecule has 1 aliphatic heterocycles. The van der Waals surface area contributed by atoms with Crippen LogP contribution in [0.5, 0.6) is 0 Å². The summed E-state index contributed by atoms with van der Waals surface area (Å²) in [5, 5.41) is 20.6. The van der Waals surface area contributed by atoms with Crippen molar-refractivity contribution in [2.24, 2.45) is 0 Å². The molecule has 1 saturated heterocycles. The molecule has 0 bridgehead atoms. The van der Waals surface area contributed by atoms with Gasteiger partial charge < -0.3 is 35.4 Å². The van der Waals surface area contributed by atoms with Crippen molar-refractivity contribution in [3.63, 3.8) is 0 Å². The van der Waals surface area contributed by atoms with Crippen molar-refractivity contribution in [2.75, 3.05) is 18.5 Å². The Bertz CT molecular complexity index is 1230. The largest absolute Gasteiger partial charge is 0.488 e. The predicted octanol–water partition coefficient (Wildman–Crippen LogP) is -0.513. The van der Waals surface area contributed by atoms with Gasteiger partial charge in [0.15, 0.2) is 17.7 Å². The van der Waals surface area contributed by atoms with E-state index >= 15 is 0 Å². The molecule has 0 aliphatic carbocycles. The number of ether oxygens (including phenoxy) is 1. The zero-order valence-corrected chi connectivity index (χ0v) is 19.6. The Balaban J connectivity index is 1.65. The molecule has 1 fully saturated rings. The lowest BCUT2D eigenvalue weighted by atomic mass is 10.1. The third kappa shape index (κ3) is 6.27. The lowest BCUT2D eigenvalue weighted by Gasteiger charge is -2.20. The third-order valence-electron chi connectivity index (χ3n) is 4.38. The molecule has 0 saturated carbocycles. The Morgan fingerprint density at radius 3 is 2.50 bits per heavy atom. The topological polar surface area (TPSA) is 259 Å². The van der Waals surface area contributed by atoms with Crippen molar-refractivity contribution in [3.8, 4) is 12.3 Å². The van der Waals surface area contributed by atoms with E-state index in [4.69, 9.17) is 16.9 Å². The normalized spacial score (nSPS) is 28.1. The van der Waals surface area contributed by atoms with Crippen LogP contribution >= 0.6 is 23.2 Å². The van der Waals surface area contributed by atoms with Gasteiger partial charge in [0.05, 0.1) is 19.1 Å². The molecule has 7 N–H and O–H groups in total. The lowest BCUT2D eigenvalue weighted by molar-refractivity contribution is -0.0503. The SMILES string of the molecule is C#CCCP(=O)(O)OP(=O)(O)OP(=O)(O)OC[C@H]1O[C@@H](n2cnc3c(N)ncnc32)[C@@H](O)C1O. The molecule has 2 aromatic heterocycles. The van der Waals surface area contributed by atoms with Gasteiger partial charge in [0.2, 0.25) is 0 Å². The van der Waals surface area contributed by atoms with Crippen molar-refractivity contribution < 1.29 is 56.5 Å². The van der Waals surface area contributed by atoms with E-state index in [2.05, 4.69) is 28.1 Å². The summed E-state index contributed by atoms with van der Waals surface area (Å²) in [5.41, 5.74) is 6.06. The van der Waals surface area contributed by atoms with Crippen LogP contribution in [0.1, 0.15) is 12.6 Å². The fraction of sp³-hybridized carbons (Fsp3) is 0.500. The lowest BCUT2D eigenvalue weighted by Crippen LogP contribution is -2.33. The maximum atomic E-state index is 12.0. The van der Waals surface area contributed by atoms with Crippen LogP contribution in [0.4, 0.5) is 5.82 Å². The maximum absolute atomic E-state index is 12.0. The predicted molar refractivity (Wildman–Crippen MR) is 112 cm³/mol. The number of nitrogen functional groups attached to an aromatic ring is 1. The molecule has 2 aromatic rings. The minimum atomic E-state index is -5.56. The number of rotatable bonds is 10. The van der Waals surface area contributed by atoms with Crippen LogP contribution in [-0.2, 0) is 31.6 Å². The Kier molecular flexibility index (Phi) is 7.96. The van der Waals surface area contributed by atoms with E-state index in [1.807, 2.05) is 5.92 Å². The zero-order valence-electron chi connectivity index (χ0n) is 17.0. The number of imidazole rings is 1. The first-order chi connectivity index (χ1) is 15.8. The molecule has 4 unspecified atom stereocenters. The molecular formula is C14H20N5O12P3. The van der Waals surface area contributed by atoms with Gasteiger partial charge in [0, 0.05) is 6.42 Å². The van der Waals surface area contributed by atoms with E-state index in [1.54, 1.807) is 0 Å². The summed E-state index contributed by atoms with van der Waals surface area (Å²) in [5.74, 6) is 2.07. The molecule has 1 aliphatic rings. The van der Waals surface area contributed by atoms with Crippen LogP contribution in [0, 0.1) is 12.3 Å². The number of phosphoric acid groups is 2. The van der Waals surface area contributed by atoms with Crippen LogP contribution < -0.4 is 5.73 Å². The molecule has 0 aromatic carbocycles. The Morgan fingerprint density at radius 1 is 1.12 bits per heavy atom. The summed E-state index contributed by atoms with van der Waals surface area (Å²) in [6.45, 7) is -0.917. The molecule has 17 nitrogen and oxygen atoms in total. The average Bonchev–Trinajstić information content (AvgIpc) is 3.26. The van der Waals surface area contributed by atoms with Crippen molar-refractivity contribution in [1.82, 2.24) is 19.5 Å². The second-order valence-corrected chi connectivity index (χ2v) is 12.0. The highest BCUT2D eigenvalue weighted by Gasteiger charge is 2.47. The number of hydrogen-bond acceptors (Lipinski definition) is 13. The van der Waals surface area contributed by atoms with E-state index in [1.165, 1.54) is 10.9 Å². The van der Waals surface area contributed by atoms with Crippen molar-refractivity contribution in [2.45, 2.75) is 31.0 Å². The summed E-state index contributed by atoms with van der Waals surface area (Å²) < 4.78 is 54.8. The van der Waals surface area contributed by atoms with Crippen LogP contribution in [-0.4, -0.2) is 75.5 Å². The molecule has 20 heteroatoms. The quantitative estimate of drug-likeness (QED) is 0.163. The number of aliphatic hydroxyl groups is 2. The summed E-state index contributed by atoms with van der Waals surface area (Å²) in [6.07, 6.45) is 0.344. The molecule has 0 amide bonds. The second-order valence-electron chi connectivity index (χ2n) is 6.84. The van der Waals surface area contributed by atoms with E-state index in [-0.39, 0.29) is 23.4 Å². The number of phosphoric ester groups is 1. The summed E-state index contributed by atoms with van der Waals surface area (Å²) in [7, 11) is -15.7. The fourth-order valence-corrected chi connectivity index (χ4v) is 6.88. The first-order valence-corrected chi connectivity index (χ1v) is 13.9. The van der Waals surface area contributed by atoms with Crippen LogP contribution in [0.3, 0.4) is 0 Å². The van der Waals surface area contributed by atoms with Gasteiger partial charge in [-0.25, -0.2) is 28.4 Å². The Hall–Kier alpha value is -1.76. The van der Waals surface area contributed by atoms with Gasteiger partial charge in [0.25, 0.3) is 0 Å². The van der Waals surface area contributed by atoms with Gasteiger partial charge in [-0.15, -0.1) is 12.3 Å². The average molecular weight is 543 g/mol. The number of terminal acetylenes is 1. The highest BCUT2D eigenvalue weighted by atomic mass is 31.3. The number of hydrogen-bond donors (Lipinski definition) is 6. The first kappa shape index (κ1) is 26.8. The van der Waals surface area contributed by atoms with Crippen LogP contribution in [0.25, 0.3) is 11.2 Å². The molecule has 0 radical (unpaired) electrons. The van der Waals surface area contributed by atoms with Gasteiger partial charge in [-0.3, -0.25) is 13.7 Å². The van der Waals surface area contributed by atoms with Crippen LogP contribution in [0.15, 0.2) is 12.7 Å². The number of fused-ring (bicyclic) bond motifs is 1. The van der Waals surface area contributed by atoms with E-state index in [0.29, 0.717) is 0 Å². The number of aliphatic hydroxyl groups excluding tert-OH is 2. The smallest absolute Gasteiger partial charge is 0.387 e. The van der Waals surface area contributed by atoms with Gasteiger partial charge in [-0.1, -0.05) is 0 Å². The van der Waals surface area contributed by atoms with E-state index < -0.39 is 60.5 Å². The molecule has 3 rings (SSSR count). The van der Waals surface area contributed by atoms with Gasteiger partial charge in [0.1, 0.15) is 30.2 Å². The summed E-state index contributed by atoms with van der Waals surface area (Å²) >= 11 is 0. The third-order valence-corrected chi connectivity index (χ3v) is 9.14. The number of nitrogens with zero attached hydrogens (tertiary/aromatic N) is 4.